The van der Waals surface area contributed by atoms with Crippen LogP contribution in [0.1, 0.15) is 63.6 Å². The zero-order valence-corrected chi connectivity index (χ0v) is 14.2. The second-order valence-corrected chi connectivity index (χ2v) is 6.92. The molecule has 0 amide bonds. The van der Waals surface area contributed by atoms with Crippen LogP contribution in [0.4, 0.5) is 0 Å². The first-order valence-electron chi connectivity index (χ1n) is 7.80. The van der Waals surface area contributed by atoms with Crippen molar-refractivity contribution in [1.29, 1.82) is 0 Å². The lowest BCUT2D eigenvalue weighted by Gasteiger charge is -2.33. The van der Waals surface area contributed by atoms with Gasteiger partial charge in [-0.2, -0.15) is 5.10 Å². The van der Waals surface area contributed by atoms with E-state index in [2.05, 4.69) is 33.4 Å². The van der Waals surface area contributed by atoms with Gasteiger partial charge in [0.25, 0.3) is 0 Å². The predicted octanol–water partition coefficient (Wildman–Crippen LogP) is 3.68. The van der Waals surface area contributed by atoms with Crippen LogP contribution >= 0.6 is 15.9 Å². The van der Waals surface area contributed by atoms with Crippen LogP contribution in [0.5, 0.6) is 0 Å². The molecule has 5 heteroatoms. The van der Waals surface area contributed by atoms with Gasteiger partial charge in [0.05, 0.1) is 22.4 Å². The SMILES string of the molecule is CCCCC1CCC(C(NN)c2c(Br)cnn2C)CC1. The minimum Gasteiger partial charge on any atom is -0.271 e. The van der Waals surface area contributed by atoms with Gasteiger partial charge in [0.15, 0.2) is 0 Å². The van der Waals surface area contributed by atoms with Crippen LogP contribution in [-0.2, 0) is 7.05 Å². The van der Waals surface area contributed by atoms with Crippen LogP contribution in [0, 0.1) is 11.8 Å². The van der Waals surface area contributed by atoms with E-state index < -0.39 is 0 Å². The van der Waals surface area contributed by atoms with Gasteiger partial charge in [-0.15, -0.1) is 0 Å². The predicted molar refractivity (Wildman–Crippen MR) is 85.9 cm³/mol. The largest absolute Gasteiger partial charge is 0.271 e. The molecule has 1 atom stereocenters. The third kappa shape index (κ3) is 3.62. The highest BCUT2D eigenvalue weighted by molar-refractivity contribution is 9.10. The van der Waals surface area contributed by atoms with Crippen molar-refractivity contribution in [2.75, 3.05) is 0 Å². The molecule has 1 aromatic rings. The molecule has 1 aliphatic carbocycles. The summed E-state index contributed by atoms with van der Waals surface area (Å²) in [7, 11) is 1.98. The molecular formula is C15H27BrN4. The van der Waals surface area contributed by atoms with Gasteiger partial charge in [-0.3, -0.25) is 16.0 Å². The number of rotatable bonds is 6. The zero-order valence-electron chi connectivity index (χ0n) is 12.6. The molecule has 0 aliphatic heterocycles. The molecule has 1 heterocycles. The van der Waals surface area contributed by atoms with Crippen LogP contribution in [0.25, 0.3) is 0 Å². The third-order valence-corrected chi connectivity index (χ3v) is 5.35. The Morgan fingerprint density at radius 3 is 2.65 bits per heavy atom. The summed E-state index contributed by atoms with van der Waals surface area (Å²) in [6.45, 7) is 2.28. The fourth-order valence-electron chi connectivity index (χ4n) is 3.51. The highest BCUT2D eigenvalue weighted by atomic mass is 79.9. The number of hydrogen-bond acceptors (Lipinski definition) is 3. The first-order valence-corrected chi connectivity index (χ1v) is 8.60. The van der Waals surface area contributed by atoms with Crippen LogP contribution in [0.2, 0.25) is 0 Å². The number of unbranched alkanes of at least 4 members (excludes halogenated alkanes) is 1. The standard InChI is InChI=1S/C15H27BrN4/c1-3-4-5-11-6-8-12(9-7-11)14(19-17)15-13(16)10-18-20(15)2/h10-12,14,19H,3-9,17H2,1-2H3. The highest BCUT2D eigenvalue weighted by Crippen LogP contribution is 2.39. The van der Waals surface area contributed by atoms with E-state index in [0.29, 0.717) is 5.92 Å². The Bertz CT molecular complexity index is 391. The maximum Gasteiger partial charge on any atom is 0.0708 e. The maximum atomic E-state index is 5.84. The zero-order chi connectivity index (χ0) is 14.5. The Morgan fingerprint density at radius 1 is 1.45 bits per heavy atom. The Hall–Kier alpha value is -0.390. The van der Waals surface area contributed by atoms with Gasteiger partial charge in [-0.1, -0.05) is 39.0 Å². The van der Waals surface area contributed by atoms with E-state index in [1.54, 1.807) is 0 Å². The molecule has 0 aromatic carbocycles. The Morgan fingerprint density at radius 2 is 2.15 bits per heavy atom. The quantitative estimate of drug-likeness (QED) is 0.612. The summed E-state index contributed by atoms with van der Waals surface area (Å²) in [5.41, 5.74) is 4.19. The van der Waals surface area contributed by atoms with Crippen molar-refractivity contribution in [1.82, 2.24) is 15.2 Å². The lowest BCUT2D eigenvalue weighted by Crippen LogP contribution is -2.36. The van der Waals surface area contributed by atoms with E-state index >= 15 is 0 Å². The lowest BCUT2D eigenvalue weighted by atomic mass is 9.76. The van der Waals surface area contributed by atoms with Gasteiger partial charge in [0.1, 0.15) is 0 Å². The number of nitrogens with two attached hydrogens (primary N) is 1. The van der Waals surface area contributed by atoms with Crippen molar-refractivity contribution in [2.24, 2.45) is 24.7 Å². The fraction of sp³-hybridized carbons (Fsp3) is 0.800. The van der Waals surface area contributed by atoms with E-state index in [9.17, 15) is 0 Å². The molecule has 4 nitrogen and oxygen atoms in total. The molecule has 1 fully saturated rings. The van der Waals surface area contributed by atoms with Crippen LogP contribution < -0.4 is 11.3 Å². The minimum absolute atomic E-state index is 0.198. The molecule has 0 spiro atoms. The average Bonchev–Trinajstić information content (AvgIpc) is 2.79. The van der Waals surface area contributed by atoms with E-state index in [-0.39, 0.29) is 6.04 Å². The molecule has 1 aromatic heterocycles. The summed E-state index contributed by atoms with van der Waals surface area (Å²) in [6, 6.07) is 0.198. The second-order valence-electron chi connectivity index (χ2n) is 6.07. The van der Waals surface area contributed by atoms with Crippen LogP contribution in [0.3, 0.4) is 0 Å². The second kappa shape index (κ2) is 7.57. The van der Waals surface area contributed by atoms with Crippen molar-refractivity contribution in [3.63, 3.8) is 0 Å². The van der Waals surface area contributed by atoms with Gasteiger partial charge in [-0.25, -0.2) is 0 Å². The highest BCUT2D eigenvalue weighted by Gasteiger charge is 2.30. The molecule has 3 N–H and O–H groups in total. The molecule has 114 valence electrons. The molecule has 0 bridgehead atoms. The van der Waals surface area contributed by atoms with E-state index in [0.717, 1.165) is 10.4 Å². The Labute approximate surface area is 130 Å². The molecule has 1 unspecified atom stereocenters. The Balaban J connectivity index is 1.97. The number of aromatic nitrogens is 2. The number of hydrogen-bond donors (Lipinski definition) is 2. The number of nitrogens with zero attached hydrogens (tertiary/aromatic N) is 2. The summed E-state index contributed by atoms with van der Waals surface area (Å²) < 4.78 is 2.98. The number of aryl methyl sites for hydroxylation is 1. The summed E-state index contributed by atoms with van der Waals surface area (Å²) in [4.78, 5) is 0. The van der Waals surface area contributed by atoms with Gasteiger partial charge in [-0.05, 0) is 40.6 Å². The summed E-state index contributed by atoms with van der Waals surface area (Å²) in [5.74, 6) is 7.38. The van der Waals surface area contributed by atoms with Crippen molar-refractivity contribution in [3.05, 3.63) is 16.4 Å². The summed E-state index contributed by atoms with van der Waals surface area (Å²) >= 11 is 3.59. The number of nitrogens with one attached hydrogen (secondary N) is 1. The summed E-state index contributed by atoms with van der Waals surface area (Å²) in [6.07, 6.45) is 11.2. The molecule has 1 saturated carbocycles. The van der Waals surface area contributed by atoms with Gasteiger partial charge >= 0.3 is 0 Å². The fourth-order valence-corrected chi connectivity index (χ4v) is 4.11. The molecule has 1 aliphatic rings. The van der Waals surface area contributed by atoms with Crippen LogP contribution in [0.15, 0.2) is 10.7 Å². The topological polar surface area (TPSA) is 55.9 Å². The average molecular weight is 343 g/mol. The van der Waals surface area contributed by atoms with Gasteiger partial charge in [0, 0.05) is 7.05 Å². The Kier molecular flexibility index (Phi) is 6.05. The smallest absolute Gasteiger partial charge is 0.0708 e. The monoisotopic (exact) mass is 342 g/mol. The van der Waals surface area contributed by atoms with Crippen molar-refractivity contribution >= 4 is 15.9 Å². The molecule has 2 rings (SSSR count). The third-order valence-electron chi connectivity index (χ3n) is 4.74. The summed E-state index contributed by atoms with van der Waals surface area (Å²) in [5, 5.41) is 4.31. The van der Waals surface area contributed by atoms with Crippen molar-refractivity contribution in [2.45, 2.75) is 57.9 Å². The number of halogens is 1. The van der Waals surface area contributed by atoms with E-state index in [1.165, 1.54) is 50.6 Å². The lowest BCUT2D eigenvalue weighted by molar-refractivity contribution is 0.208. The first-order chi connectivity index (χ1) is 9.67. The van der Waals surface area contributed by atoms with Crippen molar-refractivity contribution < 1.29 is 0 Å². The van der Waals surface area contributed by atoms with Gasteiger partial charge in [0.2, 0.25) is 0 Å². The van der Waals surface area contributed by atoms with Crippen molar-refractivity contribution in [3.8, 4) is 0 Å². The van der Waals surface area contributed by atoms with E-state index in [4.69, 9.17) is 5.84 Å². The molecule has 20 heavy (non-hydrogen) atoms. The van der Waals surface area contributed by atoms with Gasteiger partial charge < -0.3 is 0 Å². The maximum absolute atomic E-state index is 5.84. The van der Waals surface area contributed by atoms with Crippen LogP contribution in [-0.4, -0.2) is 9.78 Å². The molecular weight excluding hydrogens is 316 g/mol. The normalized spacial score (nSPS) is 24.8. The molecule has 0 radical (unpaired) electrons. The minimum atomic E-state index is 0.198. The molecule has 0 saturated heterocycles. The first kappa shape index (κ1) is 16.0. The van der Waals surface area contributed by atoms with E-state index in [1.807, 2.05) is 17.9 Å². The number of hydrazine groups is 1.